The van der Waals surface area contributed by atoms with Crippen LogP contribution in [0.3, 0.4) is 0 Å². The number of rotatable bonds is 8. The molecule has 12 heteroatoms. The Hall–Kier alpha value is -3.89. The van der Waals surface area contributed by atoms with E-state index in [4.69, 9.17) is 20.0 Å². The number of hydrogen-bond acceptors (Lipinski definition) is 7. The van der Waals surface area contributed by atoms with Crippen molar-refractivity contribution in [2.45, 2.75) is 19.6 Å². The fraction of sp³-hybridized carbons (Fsp3) is 0.130. The molecule has 0 aliphatic rings. The van der Waals surface area contributed by atoms with Crippen molar-refractivity contribution in [3.63, 3.8) is 0 Å². The van der Waals surface area contributed by atoms with Crippen LogP contribution in [0.4, 0.5) is 5.82 Å². The number of nitrogens with two attached hydrogens (primary N) is 1. The maximum Gasteiger partial charge on any atom is 0.472 e. The lowest BCUT2D eigenvalue weighted by molar-refractivity contribution is -0.711. The van der Waals surface area contributed by atoms with E-state index in [1.165, 1.54) is 16.5 Å². The average molecular weight is 493 g/mol. The van der Waals surface area contributed by atoms with Crippen LogP contribution in [0.1, 0.15) is 22.4 Å². The summed E-state index contributed by atoms with van der Waals surface area (Å²) in [6, 6.07) is 17.5. The van der Waals surface area contributed by atoms with E-state index in [9.17, 15) is 4.57 Å². The van der Waals surface area contributed by atoms with Gasteiger partial charge in [0.05, 0.1) is 11.9 Å². The number of aromatic nitrogens is 5. The summed E-state index contributed by atoms with van der Waals surface area (Å²) in [6.07, 6.45) is 6.42. The number of anilines is 1. The molecule has 0 fully saturated rings. The molecule has 0 atom stereocenters. The molecule has 0 spiro atoms. The number of pyridine rings is 2. The molecular weight excluding hydrogens is 471 g/mol. The summed E-state index contributed by atoms with van der Waals surface area (Å²) in [5, 5.41) is 8.32. The molecule has 4 heterocycles. The zero-order valence-electron chi connectivity index (χ0n) is 18.4. The standard InChI is InChI=1S/C23H21N6O5P/c24-23-20(2-1-9-28(23)15-33-35(30,31)32)21-12-19(27-34-21)11-17-5-3-16(4-6-17)10-18-7-8-22-25-14-26-29(22)13-18/h1-9,12-14,24H,10-11,15H2,(H2,30,31,32)/p+1. The van der Waals surface area contributed by atoms with Gasteiger partial charge in [-0.2, -0.15) is 5.10 Å². The zero-order chi connectivity index (χ0) is 24.4. The Kier molecular flexibility index (Phi) is 6.14. The third kappa shape index (κ3) is 5.44. The average Bonchev–Trinajstić information content (AvgIpc) is 3.48. The molecule has 0 aliphatic carbocycles. The molecule has 0 bridgehead atoms. The largest absolute Gasteiger partial charge is 0.472 e. The molecule has 0 unspecified atom stereocenters. The van der Waals surface area contributed by atoms with E-state index in [2.05, 4.69) is 44.0 Å². The van der Waals surface area contributed by atoms with Crippen LogP contribution in [-0.2, 0) is 28.7 Å². The van der Waals surface area contributed by atoms with Gasteiger partial charge in [-0.25, -0.2) is 23.2 Å². The van der Waals surface area contributed by atoms with Gasteiger partial charge in [-0.1, -0.05) is 35.5 Å². The van der Waals surface area contributed by atoms with Gasteiger partial charge in [-0.15, -0.1) is 0 Å². The van der Waals surface area contributed by atoms with E-state index in [1.807, 2.05) is 18.3 Å². The van der Waals surface area contributed by atoms with Gasteiger partial charge in [0.15, 0.2) is 11.4 Å². The quantitative estimate of drug-likeness (QED) is 0.219. The Balaban J connectivity index is 1.26. The second-order valence-corrected chi connectivity index (χ2v) is 9.22. The van der Waals surface area contributed by atoms with Crippen molar-refractivity contribution in [2.24, 2.45) is 0 Å². The summed E-state index contributed by atoms with van der Waals surface area (Å²) in [5.74, 6) is 0.681. The summed E-state index contributed by atoms with van der Waals surface area (Å²) >= 11 is 0. The highest BCUT2D eigenvalue weighted by molar-refractivity contribution is 7.46. The van der Waals surface area contributed by atoms with Gasteiger partial charge in [0.25, 0.3) is 5.82 Å². The van der Waals surface area contributed by atoms with Gasteiger partial charge < -0.3 is 14.3 Å². The monoisotopic (exact) mass is 493 g/mol. The van der Waals surface area contributed by atoms with Crippen molar-refractivity contribution in [3.8, 4) is 11.3 Å². The van der Waals surface area contributed by atoms with E-state index < -0.39 is 14.6 Å². The maximum absolute atomic E-state index is 11.0. The van der Waals surface area contributed by atoms with Gasteiger partial charge in [-0.05, 0) is 41.3 Å². The van der Waals surface area contributed by atoms with Crippen molar-refractivity contribution in [2.75, 3.05) is 5.73 Å². The third-order valence-corrected chi connectivity index (χ3v) is 5.91. The fourth-order valence-electron chi connectivity index (χ4n) is 3.73. The summed E-state index contributed by atoms with van der Waals surface area (Å²) in [4.78, 5) is 22.0. The minimum Gasteiger partial charge on any atom is -0.356 e. The molecule has 4 aromatic heterocycles. The molecule has 5 rings (SSSR count). The van der Waals surface area contributed by atoms with Crippen LogP contribution in [0, 0.1) is 0 Å². The van der Waals surface area contributed by atoms with Crippen LogP contribution < -0.4 is 10.3 Å². The fourth-order valence-corrected chi connectivity index (χ4v) is 4.00. The normalized spacial score (nSPS) is 11.8. The van der Waals surface area contributed by atoms with Gasteiger partial charge in [0.2, 0.25) is 6.73 Å². The Morgan fingerprint density at radius 1 is 1.06 bits per heavy atom. The first-order valence-corrected chi connectivity index (χ1v) is 12.2. The van der Waals surface area contributed by atoms with Crippen LogP contribution in [0.25, 0.3) is 17.0 Å². The molecule has 1 aromatic carbocycles. The minimum absolute atomic E-state index is 0.233. The predicted molar refractivity (Wildman–Crippen MR) is 125 cm³/mol. The second-order valence-electron chi connectivity index (χ2n) is 7.98. The second kappa shape index (κ2) is 9.40. The van der Waals surface area contributed by atoms with E-state index >= 15 is 0 Å². The van der Waals surface area contributed by atoms with E-state index in [-0.39, 0.29) is 5.82 Å². The van der Waals surface area contributed by atoms with Crippen LogP contribution in [-0.4, -0.2) is 29.5 Å². The summed E-state index contributed by atoms with van der Waals surface area (Å²) in [5.41, 5.74) is 11.6. The van der Waals surface area contributed by atoms with Crippen LogP contribution in [0.2, 0.25) is 0 Å². The SMILES string of the molecule is Nc1c(-c2cc(Cc3ccc(Cc4ccc5ncnn5c4)cc3)no2)ccc[n+]1COP(=O)(O)O. The Morgan fingerprint density at radius 3 is 2.57 bits per heavy atom. The number of nitrogens with zero attached hydrogens (tertiary/aromatic N) is 5. The summed E-state index contributed by atoms with van der Waals surface area (Å²) in [6.45, 7) is -0.399. The lowest BCUT2D eigenvalue weighted by atomic mass is 10.0. The van der Waals surface area contributed by atoms with Gasteiger partial charge in [-0.3, -0.25) is 5.73 Å². The zero-order valence-corrected chi connectivity index (χ0v) is 19.3. The van der Waals surface area contributed by atoms with Crippen LogP contribution >= 0.6 is 7.82 Å². The smallest absolute Gasteiger partial charge is 0.356 e. The van der Waals surface area contributed by atoms with E-state index in [0.717, 1.165) is 28.9 Å². The highest BCUT2D eigenvalue weighted by atomic mass is 31.2. The highest BCUT2D eigenvalue weighted by Gasteiger charge is 2.20. The van der Waals surface area contributed by atoms with Crippen molar-refractivity contribution < 1.29 is 28.0 Å². The Labute approximate surface area is 199 Å². The molecule has 35 heavy (non-hydrogen) atoms. The van der Waals surface area contributed by atoms with E-state index in [0.29, 0.717) is 17.7 Å². The molecule has 5 aromatic rings. The predicted octanol–water partition coefficient (Wildman–Crippen LogP) is 2.50. The number of fused-ring (bicyclic) bond motifs is 1. The van der Waals surface area contributed by atoms with Gasteiger partial charge >= 0.3 is 7.82 Å². The first-order chi connectivity index (χ1) is 16.8. The molecule has 11 nitrogen and oxygen atoms in total. The number of phosphoric acid groups is 1. The molecule has 0 saturated carbocycles. The minimum atomic E-state index is -4.62. The first-order valence-electron chi connectivity index (χ1n) is 10.6. The lowest BCUT2D eigenvalue weighted by Crippen LogP contribution is -2.38. The lowest BCUT2D eigenvalue weighted by Gasteiger charge is -2.07. The van der Waals surface area contributed by atoms with Gasteiger partial charge in [0.1, 0.15) is 11.9 Å². The molecule has 0 radical (unpaired) electrons. The maximum atomic E-state index is 11.0. The summed E-state index contributed by atoms with van der Waals surface area (Å²) < 4.78 is 24.1. The number of benzene rings is 1. The van der Waals surface area contributed by atoms with Crippen LogP contribution in [0.5, 0.6) is 0 Å². The Bertz CT molecular complexity index is 1530. The van der Waals surface area contributed by atoms with Crippen molar-refractivity contribution >= 4 is 19.3 Å². The van der Waals surface area contributed by atoms with E-state index in [1.54, 1.807) is 28.9 Å². The number of hydrogen-bond donors (Lipinski definition) is 3. The molecule has 0 saturated heterocycles. The van der Waals surface area contributed by atoms with Crippen LogP contribution in [0.15, 0.2) is 77.8 Å². The van der Waals surface area contributed by atoms with Crippen molar-refractivity contribution in [3.05, 3.63) is 95.7 Å². The van der Waals surface area contributed by atoms with Crippen molar-refractivity contribution in [1.82, 2.24) is 19.8 Å². The first kappa shape index (κ1) is 22.9. The molecular formula is C23H22N6O5P+. The number of phosphoric ester groups is 1. The molecule has 178 valence electrons. The highest BCUT2D eigenvalue weighted by Crippen LogP contribution is 2.35. The number of nitrogen functional groups attached to an aromatic ring is 1. The molecule has 0 amide bonds. The molecule has 0 aliphatic heterocycles. The van der Waals surface area contributed by atoms with Gasteiger partial charge in [0, 0.05) is 18.7 Å². The topological polar surface area (TPSA) is 153 Å². The Morgan fingerprint density at radius 2 is 1.80 bits per heavy atom. The molecule has 4 N–H and O–H groups in total. The van der Waals surface area contributed by atoms with Crippen molar-refractivity contribution in [1.29, 1.82) is 0 Å². The summed E-state index contributed by atoms with van der Waals surface area (Å²) in [7, 11) is -4.62. The third-order valence-electron chi connectivity index (χ3n) is 5.46.